The monoisotopic (exact) mass is 530 g/mol. The average Bonchev–Trinajstić information content (AvgIpc) is 2.48. The van der Waals surface area contributed by atoms with Crippen LogP contribution >= 0.6 is 54.6 Å². The summed E-state index contributed by atoms with van der Waals surface area (Å²) >= 11 is 3.64. The Labute approximate surface area is 154 Å². The summed E-state index contributed by atoms with van der Waals surface area (Å²) in [6.45, 7) is 3.02. The third kappa shape index (κ3) is 16.1. The summed E-state index contributed by atoms with van der Waals surface area (Å²) in [5.41, 5.74) is 0. The smallest absolute Gasteiger partial charge is 0.311 e. The fraction of sp³-hybridized carbons (Fsp3) is 1.00. The number of unbranched alkanes of at least 4 members (excludes halogenated alkanes) is 11. The van der Waals surface area contributed by atoms with Crippen molar-refractivity contribution in [1.29, 1.82) is 0 Å². The van der Waals surface area contributed by atoms with Crippen LogP contribution in [-0.4, -0.2) is 6.61 Å². The molecule has 0 aliphatic carbocycles. The molecule has 6 heteroatoms. The van der Waals surface area contributed by atoms with E-state index < -0.39 is 8.60 Å². The maximum absolute atomic E-state index is 5.44. The molecule has 0 N–H and O–H groups in total. The van der Waals surface area contributed by atoms with E-state index in [1.54, 1.807) is 0 Å². The van der Waals surface area contributed by atoms with Gasteiger partial charge in [0.05, 0.1) is 6.61 Å². The fourth-order valence-electron chi connectivity index (χ4n) is 2.13. The van der Waals surface area contributed by atoms with Crippen LogP contribution < -0.4 is 0 Å². The normalized spacial score (nSPS) is 11.4. The first-order valence-corrected chi connectivity index (χ1v) is 10.7. The molecule has 0 atom stereocenters. The van der Waals surface area contributed by atoms with Crippen LogP contribution in [0.4, 0.5) is 0 Å². The molecule has 0 spiro atoms. The summed E-state index contributed by atoms with van der Waals surface area (Å²) < 4.78 is 15.4. The van der Waals surface area contributed by atoms with Crippen molar-refractivity contribution in [3.8, 4) is 0 Å². The van der Waals surface area contributed by atoms with Crippen molar-refractivity contribution in [1.82, 2.24) is 0 Å². The second kappa shape index (κ2) is 18.8. The van der Waals surface area contributed by atoms with E-state index >= 15 is 0 Å². The van der Waals surface area contributed by atoms with E-state index in [9.17, 15) is 0 Å². The summed E-state index contributed by atoms with van der Waals surface area (Å²) in [6.07, 6.45) is 16.4. The quantitative estimate of drug-likeness (QED) is 0.117. The van der Waals surface area contributed by atoms with Gasteiger partial charge in [0.2, 0.25) is 0 Å². The van der Waals surface area contributed by atoms with Gasteiger partial charge in [-0.2, -0.15) is 0 Å². The van der Waals surface area contributed by atoms with Crippen molar-refractivity contribution in [2.45, 2.75) is 84.0 Å². The summed E-state index contributed by atoms with van der Waals surface area (Å²) in [6, 6.07) is 0. The lowest BCUT2D eigenvalue weighted by molar-refractivity contribution is 0.285. The van der Waals surface area contributed by atoms with Gasteiger partial charge in [-0.3, -0.25) is 0 Å². The van der Waals surface area contributed by atoms with Crippen LogP contribution in [-0.2, 0) is 10.2 Å². The van der Waals surface area contributed by atoms with Gasteiger partial charge in [-0.05, 0) is 6.42 Å². The zero-order valence-electron chi connectivity index (χ0n) is 12.6. The molecule has 0 fully saturated rings. The minimum absolute atomic E-state index is 0.745. The Morgan fingerprint density at radius 2 is 1.05 bits per heavy atom. The lowest BCUT2D eigenvalue weighted by Gasteiger charge is -2.08. The van der Waals surface area contributed by atoms with Crippen molar-refractivity contribution in [3.63, 3.8) is 0 Å². The second-order valence-corrected chi connectivity index (χ2v) is 8.43. The molecule has 0 rings (SSSR count). The minimum atomic E-state index is -1.12. The Morgan fingerprint density at radius 3 is 1.45 bits per heavy atom. The zero-order chi connectivity index (χ0) is 14.9. The lowest BCUT2D eigenvalue weighted by atomic mass is 10.1. The van der Waals surface area contributed by atoms with Crippen molar-refractivity contribution in [3.05, 3.63) is 0 Å². The van der Waals surface area contributed by atoms with Crippen LogP contribution in [0.5, 0.6) is 0 Å². The van der Waals surface area contributed by atoms with Crippen molar-refractivity contribution >= 4 is 54.6 Å². The highest BCUT2D eigenvalue weighted by Crippen LogP contribution is 2.44. The SMILES string of the molecule is CCCCCCCCCCCCCCOP(OI)OI. The number of halogens is 2. The van der Waals surface area contributed by atoms with Crippen LogP contribution in [0.25, 0.3) is 0 Å². The average molecular weight is 530 g/mol. The summed E-state index contributed by atoms with van der Waals surface area (Å²) in [5, 5.41) is 0. The molecule has 0 heterocycles. The van der Waals surface area contributed by atoms with Gasteiger partial charge in [-0.1, -0.05) is 77.6 Å². The molecule has 0 aromatic carbocycles. The first kappa shape index (κ1) is 21.8. The highest BCUT2D eigenvalue weighted by Gasteiger charge is 2.08. The van der Waals surface area contributed by atoms with Gasteiger partial charge in [-0.25, -0.2) is 5.71 Å². The van der Waals surface area contributed by atoms with Gasteiger partial charge in [0.1, 0.15) is 46.0 Å². The second-order valence-electron chi connectivity index (χ2n) is 5.08. The topological polar surface area (TPSA) is 27.7 Å². The molecule has 0 unspecified atom stereocenters. The third-order valence-electron chi connectivity index (χ3n) is 3.31. The van der Waals surface area contributed by atoms with Crippen LogP contribution in [0, 0.1) is 0 Å². The zero-order valence-corrected chi connectivity index (χ0v) is 17.8. The molecule has 3 nitrogen and oxygen atoms in total. The van der Waals surface area contributed by atoms with E-state index in [0.717, 1.165) is 13.0 Å². The number of rotatable bonds is 16. The minimum Gasteiger partial charge on any atom is -0.311 e. The van der Waals surface area contributed by atoms with Crippen LogP contribution in [0.1, 0.15) is 84.0 Å². The molecule has 0 saturated carbocycles. The number of hydrogen-bond donors (Lipinski definition) is 0. The van der Waals surface area contributed by atoms with Crippen molar-refractivity contribution in [2.24, 2.45) is 0 Å². The van der Waals surface area contributed by atoms with Gasteiger partial charge >= 0.3 is 8.60 Å². The highest BCUT2D eigenvalue weighted by atomic mass is 127. The molecule has 0 amide bonds. The van der Waals surface area contributed by atoms with E-state index in [1.807, 2.05) is 46.0 Å². The van der Waals surface area contributed by atoms with Gasteiger partial charge in [0, 0.05) is 0 Å². The molecular weight excluding hydrogens is 501 g/mol. The van der Waals surface area contributed by atoms with Gasteiger partial charge in [0.15, 0.2) is 0 Å². The van der Waals surface area contributed by atoms with Crippen molar-refractivity contribution < 1.29 is 10.2 Å². The van der Waals surface area contributed by atoms with Crippen LogP contribution in [0.2, 0.25) is 0 Å². The Morgan fingerprint density at radius 1 is 0.650 bits per heavy atom. The van der Waals surface area contributed by atoms with E-state index in [0.29, 0.717) is 0 Å². The fourth-order valence-corrected chi connectivity index (χ4v) is 4.60. The summed E-state index contributed by atoms with van der Waals surface area (Å²) in [4.78, 5) is 0. The maximum atomic E-state index is 5.44. The van der Waals surface area contributed by atoms with E-state index in [2.05, 4.69) is 6.92 Å². The Hall–Kier alpha value is 1.77. The van der Waals surface area contributed by atoms with Crippen LogP contribution in [0.3, 0.4) is 0 Å². The highest BCUT2D eigenvalue weighted by molar-refractivity contribution is 14.1. The number of hydrogen-bond acceptors (Lipinski definition) is 3. The molecule has 0 bridgehead atoms. The van der Waals surface area contributed by atoms with Gasteiger partial charge in [0.25, 0.3) is 0 Å². The van der Waals surface area contributed by atoms with Gasteiger partial charge in [-0.15, -0.1) is 0 Å². The molecule has 122 valence electrons. The molecular formula is C14H29I2O3P. The van der Waals surface area contributed by atoms with E-state index in [1.165, 1.54) is 70.6 Å². The first-order chi connectivity index (χ1) is 9.85. The Balaban J connectivity index is 3.02. The standard InChI is InChI=1S/C14H29I2O3P/c1-2-3-4-5-6-7-8-9-10-11-12-13-14-17-20(18-15)19-16/h2-14H2,1H3. The largest absolute Gasteiger partial charge is 0.353 e. The Kier molecular flexibility index (Phi) is 20.5. The molecule has 0 aliphatic rings. The van der Waals surface area contributed by atoms with Gasteiger partial charge < -0.3 is 4.52 Å². The predicted molar refractivity (Wildman–Crippen MR) is 104 cm³/mol. The molecule has 0 aliphatic heterocycles. The first-order valence-electron chi connectivity index (χ1n) is 7.85. The summed E-state index contributed by atoms with van der Waals surface area (Å²) in [7, 11) is -1.12. The predicted octanol–water partition coefficient (Wildman–Crippen LogP) is 7.66. The molecule has 0 aromatic rings. The molecule has 20 heavy (non-hydrogen) atoms. The van der Waals surface area contributed by atoms with Crippen LogP contribution in [0.15, 0.2) is 0 Å². The van der Waals surface area contributed by atoms with Crippen molar-refractivity contribution in [2.75, 3.05) is 6.61 Å². The molecule has 0 saturated heterocycles. The van der Waals surface area contributed by atoms with E-state index in [4.69, 9.17) is 10.2 Å². The third-order valence-corrected chi connectivity index (χ3v) is 5.86. The summed E-state index contributed by atoms with van der Waals surface area (Å²) in [5.74, 6) is 0. The molecule has 0 radical (unpaired) electrons. The molecule has 0 aromatic heterocycles. The van der Waals surface area contributed by atoms with E-state index in [-0.39, 0.29) is 0 Å². The lowest BCUT2D eigenvalue weighted by Crippen LogP contribution is -1.90. The Bertz CT molecular complexity index is 184. The maximum Gasteiger partial charge on any atom is 0.353 e.